The van der Waals surface area contributed by atoms with Crippen LogP contribution < -0.4 is 5.32 Å². The molecule has 1 spiro atoms. The quantitative estimate of drug-likeness (QED) is 0.384. The zero-order valence-electron chi connectivity index (χ0n) is 24.4. The summed E-state index contributed by atoms with van der Waals surface area (Å²) in [5, 5.41) is 11.5. The fourth-order valence-electron chi connectivity index (χ4n) is 6.97. The SMILES string of the molecule is CC(C)(C)C1CCC2(CC1)N=C(C1C=CC(F)=CC1)C(=O)N2C(c1ccc(C(=O)NCCC(=O)O)cc1)C1CCC1. The lowest BCUT2D eigenvalue weighted by molar-refractivity contribution is -0.137. The van der Waals surface area contributed by atoms with Crippen molar-refractivity contribution in [3.8, 4) is 0 Å². The maximum Gasteiger partial charge on any atom is 0.305 e. The standard InChI is InChI=1S/C33H42FN3O4/c1-32(2,3)25-15-18-33(19-16-25)36-28(21-11-13-26(34)14-12-21)31(41)37(33)29(22-5-4-6-22)23-7-9-24(10-8-23)30(40)35-20-17-27(38)39/h7-11,13-14,21-22,25,29H,4-6,12,15-20H2,1-3H3,(H,35,40)(H,38,39). The Kier molecular flexibility index (Phi) is 8.22. The van der Waals surface area contributed by atoms with E-state index in [-0.39, 0.29) is 48.0 Å². The van der Waals surface area contributed by atoms with Gasteiger partial charge in [-0.3, -0.25) is 19.4 Å². The number of hydrogen-bond acceptors (Lipinski definition) is 4. The van der Waals surface area contributed by atoms with E-state index in [9.17, 15) is 18.8 Å². The Morgan fingerprint density at radius 2 is 1.83 bits per heavy atom. The van der Waals surface area contributed by atoms with Crippen molar-refractivity contribution in [3.63, 3.8) is 0 Å². The Labute approximate surface area is 242 Å². The lowest BCUT2D eigenvalue weighted by atomic mass is 9.68. The highest BCUT2D eigenvalue weighted by atomic mass is 19.1. The van der Waals surface area contributed by atoms with E-state index < -0.39 is 11.6 Å². The molecule has 0 radical (unpaired) electrons. The van der Waals surface area contributed by atoms with Crippen molar-refractivity contribution in [3.05, 3.63) is 59.4 Å². The number of carbonyl (C=O) groups is 3. The second-order valence-corrected chi connectivity index (χ2v) is 13.2. The summed E-state index contributed by atoms with van der Waals surface area (Å²) in [6.45, 7) is 6.92. The molecule has 1 aromatic carbocycles. The van der Waals surface area contributed by atoms with E-state index >= 15 is 0 Å². The van der Waals surface area contributed by atoms with Gasteiger partial charge in [-0.05, 0) is 92.0 Å². The molecule has 2 amide bonds. The number of halogens is 1. The van der Waals surface area contributed by atoms with Crippen LogP contribution in [0.2, 0.25) is 0 Å². The van der Waals surface area contributed by atoms with E-state index in [1.807, 2.05) is 12.1 Å². The van der Waals surface area contributed by atoms with Gasteiger partial charge in [0.15, 0.2) is 0 Å². The van der Waals surface area contributed by atoms with Gasteiger partial charge in [0.25, 0.3) is 11.8 Å². The number of aliphatic carboxylic acids is 1. The molecule has 1 aliphatic heterocycles. The number of carboxylic acids is 1. The van der Waals surface area contributed by atoms with E-state index in [2.05, 4.69) is 31.0 Å². The number of rotatable bonds is 8. The summed E-state index contributed by atoms with van der Waals surface area (Å²) in [4.78, 5) is 45.1. The maximum absolute atomic E-state index is 14.4. The van der Waals surface area contributed by atoms with Crippen molar-refractivity contribution in [2.75, 3.05) is 6.54 Å². The number of carboxylic acid groups (broad SMARTS) is 1. The molecular formula is C33H42FN3O4. The van der Waals surface area contributed by atoms with Gasteiger partial charge < -0.3 is 15.3 Å². The molecule has 3 aliphatic carbocycles. The lowest BCUT2D eigenvalue weighted by Crippen LogP contribution is -2.53. The van der Waals surface area contributed by atoms with Crippen LogP contribution in [0, 0.1) is 23.2 Å². The highest BCUT2D eigenvalue weighted by Gasteiger charge is 2.55. The molecule has 220 valence electrons. The topological polar surface area (TPSA) is 99.1 Å². The number of hydrogen-bond donors (Lipinski definition) is 2. The second-order valence-electron chi connectivity index (χ2n) is 13.2. The molecule has 8 heteroatoms. The molecule has 4 aliphatic rings. The molecule has 1 aromatic rings. The first kappa shape index (κ1) is 29.2. The van der Waals surface area contributed by atoms with Gasteiger partial charge >= 0.3 is 5.97 Å². The molecule has 0 bridgehead atoms. The minimum atomic E-state index is -0.962. The highest BCUT2D eigenvalue weighted by molar-refractivity contribution is 6.41. The second kappa shape index (κ2) is 11.5. The smallest absolute Gasteiger partial charge is 0.305 e. The highest BCUT2D eigenvalue weighted by Crippen LogP contribution is 2.53. The fraction of sp³-hybridized carbons (Fsp3) is 0.576. The first-order valence-electron chi connectivity index (χ1n) is 15.1. The van der Waals surface area contributed by atoms with Crippen LogP contribution in [0.25, 0.3) is 0 Å². The van der Waals surface area contributed by atoms with Crippen molar-refractivity contribution in [1.29, 1.82) is 0 Å². The molecule has 7 nitrogen and oxygen atoms in total. The molecule has 2 unspecified atom stereocenters. The van der Waals surface area contributed by atoms with Crippen LogP contribution in [0.15, 0.2) is 53.3 Å². The van der Waals surface area contributed by atoms with E-state index in [1.54, 1.807) is 18.2 Å². The molecule has 41 heavy (non-hydrogen) atoms. The van der Waals surface area contributed by atoms with Crippen molar-refractivity contribution < 1.29 is 23.9 Å². The summed E-state index contributed by atoms with van der Waals surface area (Å²) in [6.07, 6.45) is 11.8. The Hall–Kier alpha value is -3.29. The number of nitrogens with zero attached hydrogens (tertiary/aromatic N) is 2. The van der Waals surface area contributed by atoms with Crippen LogP contribution in [0.4, 0.5) is 4.39 Å². The predicted octanol–water partition coefficient (Wildman–Crippen LogP) is 6.38. The van der Waals surface area contributed by atoms with Gasteiger partial charge in [0.1, 0.15) is 17.2 Å². The summed E-state index contributed by atoms with van der Waals surface area (Å²) >= 11 is 0. The van der Waals surface area contributed by atoms with Gasteiger partial charge in [0, 0.05) is 18.0 Å². The molecule has 2 N–H and O–H groups in total. The summed E-state index contributed by atoms with van der Waals surface area (Å²) in [5.41, 5.74) is 1.55. The molecular weight excluding hydrogens is 521 g/mol. The average molecular weight is 564 g/mol. The monoisotopic (exact) mass is 563 g/mol. The van der Waals surface area contributed by atoms with E-state index in [0.717, 1.165) is 50.5 Å². The van der Waals surface area contributed by atoms with Crippen LogP contribution in [0.1, 0.15) is 101 Å². The number of benzene rings is 1. The van der Waals surface area contributed by atoms with Crippen molar-refractivity contribution in [2.45, 2.75) is 90.3 Å². The molecule has 1 heterocycles. The molecule has 0 aromatic heterocycles. The van der Waals surface area contributed by atoms with Crippen LogP contribution in [0.5, 0.6) is 0 Å². The predicted molar refractivity (Wildman–Crippen MR) is 156 cm³/mol. The van der Waals surface area contributed by atoms with E-state index in [1.165, 1.54) is 12.2 Å². The number of carbonyl (C=O) groups excluding carboxylic acids is 2. The summed E-state index contributed by atoms with van der Waals surface area (Å²) in [5.74, 6) is -0.973. The van der Waals surface area contributed by atoms with Gasteiger partial charge in [-0.25, -0.2) is 4.39 Å². The molecule has 2 atom stereocenters. The van der Waals surface area contributed by atoms with Crippen molar-refractivity contribution in [2.24, 2.45) is 28.2 Å². The van der Waals surface area contributed by atoms with Gasteiger partial charge in [0.05, 0.1) is 12.5 Å². The third-order valence-corrected chi connectivity index (χ3v) is 9.65. The number of nitrogens with one attached hydrogen (secondary N) is 1. The minimum Gasteiger partial charge on any atom is -0.481 e. The Balaban J connectivity index is 1.46. The average Bonchev–Trinajstić information content (AvgIpc) is 3.17. The first-order valence-corrected chi connectivity index (χ1v) is 15.1. The third-order valence-electron chi connectivity index (χ3n) is 9.65. The van der Waals surface area contributed by atoms with Crippen LogP contribution >= 0.6 is 0 Å². The molecule has 0 saturated heterocycles. The van der Waals surface area contributed by atoms with Gasteiger partial charge in [-0.2, -0.15) is 0 Å². The van der Waals surface area contributed by atoms with E-state index in [0.29, 0.717) is 29.5 Å². The normalized spacial score (nSPS) is 27.3. The summed E-state index contributed by atoms with van der Waals surface area (Å²) < 4.78 is 13.8. The van der Waals surface area contributed by atoms with Crippen molar-refractivity contribution in [1.82, 2.24) is 10.2 Å². The minimum absolute atomic E-state index is 0.0445. The molecule has 5 rings (SSSR count). The zero-order valence-corrected chi connectivity index (χ0v) is 24.4. The maximum atomic E-state index is 14.4. The van der Waals surface area contributed by atoms with Gasteiger partial charge in [-0.1, -0.05) is 45.4 Å². The zero-order chi connectivity index (χ0) is 29.4. The molecule has 2 fully saturated rings. The Morgan fingerprint density at radius 1 is 1.15 bits per heavy atom. The van der Waals surface area contributed by atoms with E-state index in [4.69, 9.17) is 10.1 Å². The number of amides is 2. The van der Waals surface area contributed by atoms with Crippen LogP contribution in [0.3, 0.4) is 0 Å². The largest absolute Gasteiger partial charge is 0.481 e. The molecule has 2 saturated carbocycles. The van der Waals surface area contributed by atoms with Crippen LogP contribution in [-0.4, -0.2) is 45.7 Å². The lowest BCUT2D eigenvalue weighted by Gasteiger charge is -2.50. The third kappa shape index (κ3) is 6.02. The summed E-state index contributed by atoms with van der Waals surface area (Å²) in [7, 11) is 0. The summed E-state index contributed by atoms with van der Waals surface area (Å²) in [6, 6.07) is 7.24. The van der Waals surface area contributed by atoms with Gasteiger partial charge in [0.2, 0.25) is 0 Å². The van der Waals surface area contributed by atoms with Crippen molar-refractivity contribution >= 4 is 23.5 Å². The Morgan fingerprint density at radius 3 is 2.37 bits per heavy atom. The van der Waals surface area contributed by atoms with Gasteiger partial charge in [-0.15, -0.1) is 0 Å². The van der Waals surface area contributed by atoms with Crippen LogP contribution in [-0.2, 0) is 9.59 Å². The Bertz CT molecular complexity index is 1260. The number of aliphatic imine (C=N–C) groups is 1. The first-order chi connectivity index (χ1) is 19.5. The fourth-order valence-corrected chi connectivity index (χ4v) is 6.97. The number of allylic oxidation sites excluding steroid dienone is 4.